The fraction of sp³-hybridized carbons (Fsp3) is 0.200. The SMILES string of the molecule is CNC(c1ccc(C)c(F)c1)c1cc(Cl)ccc1F. The molecule has 1 atom stereocenters. The Hall–Kier alpha value is -1.45. The Bertz CT molecular complexity index is 599. The quantitative estimate of drug-likeness (QED) is 0.887. The molecule has 0 bridgehead atoms. The number of hydrogen-bond donors (Lipinski definition) is 1. The second kappa shape index (κ2) is 5.68. The summed E-state index contributed by atoms with van der Waals surface area (Å²) in [5.41, 5.74) is 1.62. The van der Waals surface area contributed by atoms with Gasteiger partial charge in [0.15, 0.2) is 0 Å². The Morgan fingerprint density at radius 1 is 1.05 bits per heavy atom. The first-order valence-electron chi connectivity index (χ1n) is 5.91. The van der Waals surface area contributed by atoms with Crippen molar-refractivity contribution in [3.63, 3.8) is 0 Å². The summed E-state index contributed by atoms with van der Waals surface area (Å²) in [5.74, 6) is -0.676. The number of rotatable bonds is 3. The zero-order valence-electron chi connectivity index (χ0n) is 10.7. The van der Waals surface area contributed by atoms with E-state index < -0.39 is 6.04 Å². The average molecular weight is 282 g/mol. The van der Waals surface area contributed by atoms with Gasteiger partial charge >= 0.3 is 0 Å². The summed E-state index contributed by atoms with van der Waals surface area (Å²) in [4.78, 5) is 0. The molecule has 100 valence electrons. The highest BCUT2D eigenvalue weighted by atomic mass is 35.5. The molecule has 0 saturated carbocycles. The third kappa shape index (κ3) is 2.94. The van der Waals surface area contributed by atoms with Crippen molar-refractivity contribution in [1.82, 2.24) is 5.32 Å². The number of hydrogen-bond acceptors (Lipinski definition) is 1. The van der Waals surface area contributed by atoms with Crippen LogP contribution in [0.25, 0.3) is 0 Å². The number of halogens is 3. The summed E-state index contributed by atoms with van der Waals surface area (Å²) in [6, 6.07) is 8.79. The minimum Gasteiger partial charge on any atom is -0.309 e. The summed E-state index contributed by atoms with van der Waals surface area (Å²) in [5, 5.41) is 3.43. The molecule has 0 aliphatic rings. The second-order valence-electron chi connectivity index (χ2n) is 4.40. The van der Waals surface area contributed by atoms with Crippen LogP contribution in [0.5, 0.6) is 0 Å². The third-order valence-electron chi connectivity index (χ3n) is 3.09. The summed E-state index contributed by atoms with van der Waals surface area (Å²) in [7, 11) is 1.70. The van der Waals surface area contributed by atoms with Gasteiger partial charge in [0.05, 0.1) is 6.04 Å². The topological polar surface area (TPSA) is 12.0 Å². The predicted molar refractivity (Wildman–Crippen MR) is 73.4 cm³/mol. The largest absolute Gasteiger partial charge is 0.309 e. The van der Waals surface area contributed by atoms with Gasteiger partial charge in [-0.25, -0.2) is 8.78 Å². The Morgan fingerprint density at radius 3 is 2.42 bits per heavy atom. The molecule has 4 heteroatoms. The molecule has 0 aliphatic heterocycles. The molecule has 1 nitrogen and oxygen atoms in total. The zero-order valence-corrected chi connectivity index (χ0v) is 11.4. The van der Waals surface area contributed by atoms with Gasteiger partial charge in [-0.05, 0) is 49.4 Å². The molecule has 0 aliphatic carbocycles. The van der Waals surface area contributed by atoms with E-state index in [4.69, 9.17) is 11.6 Å². The number of benzene rings is 2. The van der Waals surface area contributed by atoms with Crippen LogP contribution in [-0.4, -0.2) is 7.05 Å². The molecule has 0 radical (unpaired) electrons. The molecule has 2 aromatic carbocycles. The normalized spacial score (nSPS) is 12.5. The lowest BCUT2D eigenvalue weighted by molar-refractivity contribution is 0.570. The van der Waals surface area contributed by atoms with E-state index in [1.807, 2.05) is 0 Å². The highest BCUT2D eigenvalue weighted by Gasteiger charge is 2.17. The van der Waals surface area contributed by atoms with Gasteiger partial charge in [0.1, 0.15) is 11.6 Å². The Balaban J connectivity index is 2.49. The summed E-state index contributed by atoms with van der Waals surface area (Å²) >= 11 is 5.89. The molecule has 2 rings (SSSR count). The van der Waals surface area contributed by atoms with Crippen LogP contribution in [0.2, 0.25) is 5.02 Å². The Labute approximate surface area is 116 Å². The van der Waals surface area contributed by atoms with Crippen molar-refractivity contribution in [3.05, 3.63) is 69.7 Å². The molecule has 1 unspecified atom stereocenters. The van der Waals surface area contributed by atoms with E-state index in [1.54, 1.807) is 32.2 Å². The lowest BCUT2D eigenvalue weighted by atomic mass is 9.97. The van der Waals surface area contributed by atoms with E-state index >= 15 is 0 Å². The minimum atomic E-state index is -0.436. The number of nitrogens with one attached hydrogen (secondary N) is 1. The van der Waals surface area contributed by atoms with Crippen molar-refractivity contribution in [2.24, 2.45) is 0 Å². The van der Waals surface area contributed by atoms with E-state index in [1.165, 1.54) is 18.2 Å². The lowest BCUT2D eigenvalue weighted by Gasteiger charge is -2.18. The standard InChI is InChI=1S/C15H14ClF2N/c1-9-3-4-10(7-14(9)18)15(19-2)12-8-11(16)5-6-13(12)17/h3-8,15,19H,1-2H3. The van der Waals surface area contributed by atoms with E-state index in [0.29, 0.717) is 21.7 Å². The van der Waals surface area contributed by atoms with Gasteiger partial charge in [-0.15, -0.1) is 0 Å². The average Bonchev–Trinajstić information content (AvgIpc) is 2.38. The highest BCUT2D eigenvalue weighted by Crippen LogP contribution is 2.27. The van der Waals surface area contributed by atoms with Crippen LogP contribution in [0, 0.1) is 18.6 Å². The second-order valence-corrected chi connectivity index (χ2v) is 4.83. The zero-order chi connectivity index (χ0) is 14.0. The maximum atomic E-state index is 13.9. The first-order chi connectivity index (χ1) is 9.02. The van der Waals surface area contributed by atoms with Crippen LogP contribution in [0.1, 0.15) is 22.7 Å². The van der Waals surface area contributed by atoms with Crippen molar-refractivity contribution in [1.29, 1.82) is 0 Å². The van der Waals surface area contributed by atoms with Crippen LogP contribution in [0.15, 0.2) is 36.4 Å². The van der Waals surface area contributed by atoms with Gasteiger partial charge in [-0.2, -0.15) is 0 Å². The molecular weight excluding hydrogens is 268 g/mol. The lowest BCUT2D eigenvalue weighted by Crippen LogP contribution is -2.19. The van der Waals surface area contributed by atoms with Crippen LogP contribution in [0.3, 0.4) is 0 Å². The maximum Gasteiger partial charge on any atom is 0.128 e. The number of aryl methyl sites for hydroxylation is 1. The third-order valence-corrected chi connectivity index (χ3v) is 3.32. The molecule has 0 amide bonds. The van der Waals surface area contributed by atoms with E-state index in [9.17, 15) is 8.78 Å². The van der Waals surface area contributed by atoms with Crippen LogP contribution in [0.4, 0.5) is 8.78 Å². The van der Waals surface area contributed by atoms with Crippen LogP contribution >= 0.6 is 11.6 Å². The van der Waals surface area contributed by atoms with Crippen molar-refractivity contribution in [2.75, 3.05) is 7.05 Å². The molecular formula is C15H14ClF2N. The molecule has 0 fully saturated rings. The first-order valence-corrected chi connectivity index (χ1v) is 6.29. The van der Waals surface area contributed by atoms with Crippen LogP contribution < -0.4 is 5.32 Å². The maximum absolute atomic E-state index is 13.9. The molecule has 19 heavy (non-hydrogen) atoms. The van der Waals surface area contributed by atoms with Gasteiger partial charge in [0, 0.05) is 10.6 Å². The van der Waals surface area contributed by atoms with E-state index in [2.05, 4.69) is 5.32 Å². The molecule has 0 saturated heterocycles. The summed E-state index contributed by atoms with van der Waals surface area (Å²) in [6.07, 6.45) is 0. The predicted octanol–water partition coefficient (Wildman–Crippen LogP) is 4.24. The van der Waals surface area contributed by atoms with Gasteiger partial charge in [-0.1, -0.05) is 23.7 Å². The molecule has 0 heterocycles. The summed E-state index contributed by atoms with van der Waals surface area (Å²) < 4.78 is 27.5. The van der Waals surface area contributed by atoms with Gasteiger partial charge in [0.2, 0.25) is 0 Å². The highest BCUT2D eigenvalue weighted by molar-refractivity contribution is 6.30. The summed E-state index contributed by atoms with van der Waals surface area (Å²) in [6.45, 7) is 1.69. The molecule has 0 aromatic heterocycles. The Morgan fingerprint density at radius 2 is 1.79 bits per heavy atom. The van der Waals surface area contributed by atoms with Gasteiger partial charge in [-0.3, -0.25) is 0 Å². The van der Waals surface area contributed by atoms with Crippen molar-refractivity contribution >= 4 is 11.6 Å². The van der Waals surface area contributed by atoms with E-state index in [-0.39, 0.29) is 11.6 Å². The molecule has 1 N–H and O–H groups in total. The van der Waals surface area contributed by atoms with E-state index in [0.717, 1.165) is 0 Å². The van der Waals surface area contributed by atoms with Gasteiger partial charge < -0.3 is 5.32 Å². The van der Waals surface area contributed by atoms with Crippen LogP contribution in [-0.2, 0) is 0 Å². The van der Waals surface area contributed by atoms with Crippen molar-refractivity contribution in [2.45, 2.75) is 13.0 Å². The van der Waals surface area contributed by atoms with Gasteiger partial charge in [0.25, 0.3) is 0 Å². The van der Waals surface area contributed by atoms with Crippen molar-refractivity contribution < 1.29 is 8.78 Å². The fourth-order valence-corrected chi connectivity index (χ4v) is 2.21. The van der Waals surface area contributed by atoms with Crippen molar-refractivity contribution in [3.8, 4) is 0 Å². The Kier molecular flexibility index (Phi) is 4.17. The fourth-order valence-electron chi connectivity index (χ4n) is 2.03. The molecule has 0 spiro atoms. The first kappa shape index (κ1) is 14.0. The molecule has 2 aromatic rings. The monoisotopic (exact) mass is 281 g/mol. The smallest absolute Gasteiger partial charge is 0.128 e. The minimum absolute atomic E-state index is 0.305.